The molecule has 250 valence electrons. The van der Waals surface area contributed by atoms with Gasteiger partial charge in [0.25, 0.3) is 10.0 Å². The lowest BCUT2D eigenvalue weighted by molar-refractivity contribution is -0.141. The molecular formula is C35H42N4O7S. The largest absolute Gasteiger partial charge is 0.516 e. The van der Waals surface area contributed by atoms with Gasteiger partial charge in [0.15, 0.2) is 0 Å². The molecule has 0 bridgehead atoms. The predicted molar refractivity (Wildman–Crippen MR) is 179 cm³/mol. The molecule has 0 unspecified atom stereocenters. The molecule has 0 aromatic heterocycles. The SMILES string of the molecule is Cc1c(C)c(S(=O)(=O)NC(N)=NCCC[C@H](N)C(=O)OC(=O)OCC2c3ccccc3-c3ccccc32)c(C)c2c1OC(C)(C)CC2. The molecule has 0 radical (unpaired) electrons. The summed E-state index contributed by atoms with van der Waals surface area (Å²) in [5.41, 5.74) is 18.6. The van der Waals surface area contributed by atoms with Gasteiger partial charge in [-0.15, -0.1) is 0 Å². The van der Waals surface area contributed by atoms with Gasteiger partial charge in [0.1, 0.15) is 24.0 Å². The summed E-state index contributed by atoms with van der Waals surface area (Å²) in [6, 6.07) is 14.7. The number of esters is 1. The number of carbonyl (C=O) groups is 2. The van der Waals surface area contributed by atoms with E-state index < -0.39 is 28.2 Å². The monoisotopic (exact) mass is 662 g/mol. The van der Waals surface area contributed by atoms with Crippen molar-refractivity contribution in [3.8, 4) is 16.9 Å². The van der Waals surface area contributed by atoms with Gasteiger partial charge in [0, 0.05) is 12.5 Å². The van der Waals surface area contributed by atoms with Crippen LogP contribution in [-0.4, -0.2) is 51.3 Å². The third-order valence-corrected chi connectivity index (χ3v) is 10.6. The van der Waals surface area contributed by atoms with Crippen molar-refractivity contribution in [1.29, 1.82) is 0 Å². The van der Waals surface area contributed by atoms with E-state index >= 15 is 0 Å². The molecule has 0 saturated carbocycles. The van der Waals surface area contributed by atoms with Crippen LogP contribution in [0.5, 0.6) is 5.75 Å². The van der Waals surface area contributed by atoms with E-state index in [4.69, 9.17) is 25.7 Å². The average molecular weight is 663 g/mol. The standard InChI is InChI=1S/C35H42N4O7S/c1-20-21(2)31(22(3)23-16-17-35(4,5)46-30(20)23)47(42,43)39-33(37)38-18-10-15-29(36)32(40)45-34(41)44-19-28-26-13-8-6-11-24(26)25-12-7-9-14-27(25)28/h6-9,11-14,28-29H,10,15-19,36H2,1-5H3,(H3,37,38,39)/t29-/m0/s1. The first-order valence-corrected chi connectivity index (χ1v) is 17.1. The van der Waals surface area contributed by atoms with Crippen LogP contribution in [0.2, 0.25) is 0 Å². The number of hydrogen-bond donors (Lipinski definition) is 3. The van der Waals surface area contributed by atoms with Crippen molar-refractivity contribution in [2.45, 2.75) is 82.8 Å². The summed E-state index contributed by atoms with van der Waals surface area (Å²) in [6.45, 7) is 9.51. The highest BCUT2D eigenvalue weighted by Gasteiger charge is 2.34. The third-order valence-electron chi connectivity index (χ3n) is 8.95. The number of carbonyl (C=O) groups excluding carboxylic acids is 2. The van der Waals surface area contributed by atoms with Crippen LogP contribution >= 0.6 is 0 Å². The molecule has 5 N–H and O–H groups in total. The number of nitrogens with one attached hydrogen (secondary N) is 1. The van der Waals surface area contributed by atoms with Gasteiger partial charge >= 0.3 is 12.1 Å². The van der Waals surface area contributed by atoms with E-state index in [-0.39, 0.29) is 48.4 Å². The van der Waals surface area contributed by atoms with Gasteiger partial charge in [-0.3, -0.25) is 4.99 Å². The fourth-order valence-electron chi connectivity index (χ4n) is 6.38. The smallest absolute Gasteiger partial charge is 0.487 e. The van der Waals surface area contributed by atoms with Crippen LogP contribution in [0.25, 0.3) is 11.1 Å². The normalized spacial score (nSPS) is 15.9. The first-order valence-electron chi connectivity index (χ1n) is 15.7. The van der Waals surface area contributed by atoms with Gasteiger partial charge in [-0.1, -0.05) is 48.5 Å². The highest BCUT2D eigenvalue weighted by molar-refractivity contribution is 7.90. The van der Waals surface area contributed by atoms with Crippen molar-refractivity contribution >= 4 is 28.1 Å². The Balaban J connectivity index is 1.11. The van der Waals surface area contributed by atoms with E-state index in [1.54, 1.807) is 13.8 Å². The number of nitrogens with zero attached hydrogens (tertiary/aromatic N) is 1. The lowest BCUT2D eigenvalue weighted by atomic mass is 9.88. The summed E-state index contributed by atoms with van der Waals surface area (Å²) in [7, 11) is -4.04. The van der Waals surface area contributed by atoms with Crippen LogP contribution < -0.4 is 20.9 Å². The van der Waals surface area contributed by atoms with Crippen LogP contribution in [0.1, 0.15) is 72.4 Å². The number of fused-ring (bicyclic) bond motifs is 4. The van der Waals surface area contributed by atoms with Gasteiger partial charge in [-0.25, -0.2) is 22.7 Å². The number of sulfonamides is 1. The number of aliphatic imine (C=N–C) groups is 1. The van der Waals surface area contributed by atoms with E-state index in [9.17, 15) is 18.0 Å². The Morgan fingerprint density at radius 3 is 2.28 bits per heavy atom. The van der Waals surface area contributed by atoms with Crippen molar-refractivity contribution in [3.63, 3.8) is 0 Å². The number of benzene rings is 3. The average Bonchev–Trinajstić information content (AvgIpc) is 3.33. The number of hydrogen-bond acceptors (Lipinski definition) is 9. The quantitative estimate of drug-likeness (QED) is 0.0946. The fraction of sp³-hybridized carbons (Fsp3) is 0.400. The Morgan fingerprint density at radius 2 is 1.64 bits per heavy atom. The van der Waals surface area contributed by atoms with E-state index in [1.807, 2.05) is 69.3 Å². The molecule has 47 heavy (non-hydrogen) atoms. The van der Waals surface area contributed by atoms with Crippen LogP contribution in [0.15, 0.2) is 58.4 Å². The summed E-state index contributed by atoms with van der Waals surface area (Å²) in [5.74, 6) is -0.650. The Hall–Kier alpha value is -4.42. The van der Waals surface area contributed by atoms with Crippen LogP contribution in [-0.2, 0) is 30.7 Å². The molecule has 2 aliphatic rings. The first kappa shape index (κ1) is 33.9. The van der Waals surface area contributed by atoms with E-state index in [1.165, 1.54) is 0 Å². The number of guanidine groups is 1. The fourth-order valence-corrected chi connectivity index (χ4v) is 7.90. The minimum atomic E-state index is -4.04. The zero-order valence-electron chi connectivity index (χ0n) is 27.4. The van der Waals surface area contributed by atoms with Crippen molar-refractivity contribution < 1.29 is 32.2 Å². The minimum absolute atomic E-state index is 0.00923. The Kier molecular flexibility index (Phi) is 9.65. The topological polar surface area (TPSA) is 172 Å². The van der Waals surface area contributed by atoms with E-state index in [0.29, 0.717) is 17.5 Å². The molecule has 0 fully saturated rings. The first-order chi connectivity index (χ1) is 22.2. The number of ether oxygens (including phenoxy) is 3. The minimum Gasteiger partial charge on any atom is -0.487 e. The predicted octanol–water partition coefficient (Wildman–Crippen LogP) is 4.91. The molecule has 1 heterocycles. The van der Waals surface area contributed by atoms with Gasteiger partial charge in [0.2, 0.25) is 5.96 Å². The third kappa shape index (κ3) is 7.13. The molecule has 0 amide bonds. The summed E-state index contributed by atoms with van der Waals surface area (Å²) < 4.78 is 45.5. The summed E-state index contributed by atoms with van der Waals surface area (Å²) >= 11 is 0. The summed E-state index contributed by atoms with van der Waals surface area (Å²) in [6.07, 6.45) is 0.749. The van der Waals surface area contributed by atoms with E-state index in [0.717, 1.165) is 45.6 Å². The van der Waals surface area contributed by atoms with Gasteiger partial charge in [-0.2, -0.15) is 0 Å². The number of rotatable bonds is 9. The van der Waals surface area contributed by atoms with Crippen LogP contribution in [0, 0.1) is 20.8 Å². The Labute approximate surface area is 275 Å². The molecule has 1 atom stereocenters. The number of nitrogens with two attached hydrogens (primary N) is 2. The van der Waals surface area contributed by atoms with Crippen molar-refractivity contribution in [1.82, 2.24) is 4.72 Å². The van der Waals surface area contributed by atoms with Crippen molar-refractivity contribution in [3.05, 3.63) is 81.9 Å². The van der Waals surface area contributed by atoms with Crippen molar-refractivity contribution in [2.24, 2.45) is 16.5 Å². The molecule has 3 aromatic carbocycles. The molecule has 12 heteroatoms. The Morgan fingerprint density at radius 1 is 1.02 bits per heavy atom. The zero-order chi connectivity index (χ0) is 34.1. The summed E-state index contributed by atoms with van der Waals surface area (Å²) in [4.78, 5) is 29.1. The van der Waals surface area contributed by atoms with Gasteiger partial charge in [0.05, 0.1) is 4.90 Å². The molecule has 0 saturated heterocycles. The maximum atomic E-state index is 13.4. The maximum absolute atomic E-state index is 13.4. The maximum Gasteiger partial charge on any atom is 0.516 e. The van der Waals surface area contributed by atoms with Crippen molar-refractivity contribution in [2.75, 3.05) is 13.2 Å². The molecule has 5 rings (SSSR count). The lowest BCUT2D eigenvalue weighted by Gasteiger charge is -2.35. The zero-order valence-corrected chi connectivity index (χ0v) is 28.2. The van der Waals surface area contributed by atoms with Gasteiger partial charge in [-0.05, 0) is 105 Å². The molecular weight excluding hydrogens is 620 g/mol. The Bertz CT molecular complexity index is 1810. The summed E-state index contributed by atoms with van der Waals surface area (Å²) in [5, 5.41) is 0. The molecule has 1 aliphatic heterocycles. The second kappa shape index (κ2) is 13.4. The second-order valence-corrected chi connectivity index (χ2v) is 14.3. The van der Waals surface area contributed by atoms with Gasteiger partial charge < -0.3 is 25.7 Å². The highest BCUT2D eigenvalue weighted by atomic mass is 32.2. The molecule has 3 aromatic rings. The van der Waals surface area contributed by atoms with Crippen LogP contribution in [0.3, 0.4) is 0 Å². The molecule has 1 aliphatic carbocycles. The van der Waals surface area contributed by atoms with E-state index in [2.05, 4.69) is 9.71 Å². The second-order valence-electron chi connectivity index (χ2n) is 12.7. The van der Waals surface area contributed by atoms with Crippen LogP contribution in [0.4, 0.5) is 4.79 Å². The highest BCUT2D eigenvalue weighted by Crippen LogP contribution is 2.45. The lowest BCUT2D eigenvalue weighted by Crippen LogP contribution is -2.38. The molecule has 11 nitrogen and oxygen atoms in total. The molecule has 0 spiro atoms.